The van der Waals surface area contributed by atoms with Crippen LogP contribution in [-0.4, -0.2) is 58.3 Å². The highest BCUT2D eigenvalue weighted by molar-refractivity contribution is 7.92. The predicted molar refractivity (Wildman–Crippen MR) is 80.6 cm³/mol. The van der Waals surface area contributed by atoms with Crippen molar-refractivity contribution in [2.45, 2.75) is 6.42 Å². The Morgan fingerprint density at radius 3 is 2.35 bits per heavy atom. The van der Waals surface area contributed by atoms with Gasteiger partial charge in [0.25, 0.3) is 0 Å². The van der Waals surface area contributed by atoms with E-state index in [1.54, 1.807) is 4.90 Å². The van der Waals surface area contributed by atoms with E-state index in [2.05, 4.69) is 0 Å². The zero-order chi connectivity index (χ0) is 17.0. The molecular weight excluding hydrogens is 330 g/mol. The highest BCUT2D eigenvalue weighted by atomic mass is 32.2. The van der Waals surface area contributed by atoms with E-state index in [0.29, 0.717) is 30.6 Å². The van der Waals surface area contributed by atoms with Gasteiger partial charge in [-0.2, -0.15) is 0 Å². The second-order valence-electron chi connectivity index (χ2n) is 5.15. The Kier molecular flexibility index (Phi) is 5.53. The van der Waals surface area contributed by atoms with Crippen LogP contribution in [0.25, 0.3) is 0 Å². The van der Waals surface area contributed by atoms with Crippen molar-refractivity contribution in [2.75, 3.05) is 43.4 Å². The second-order valence-corrected chi connectivity index (χ2v) is 7.06. The fourth-order valence-electron chi connectivity index (χ4n) is 2.34. The predicted octanol–water partition coefficient (Wildman–Crippen LogP) is 0.980. The van der Waals surface area contributed by atoms with Crippen molar-refractivity contribution in [1.29, 1.82) is 0 Å². The lowest BCUT2D eigenvalue weighted by molar-refractivity contribution is -0.135. The second kappa shape index (κ2) is 7.22. The number of rotatable bonds is 5. The van der Waals surface area contributed by atoms with E-state index in [1.807, 2.05) is 0 Å². The summed E-state index contributed by atoms with van der Waals surface area (Å²) in [6, 6.07) is 3.09. The number of para-hydroxylation sites is 1. The third-order valence-corrected chi connectivity index (χ3v) is 4.65. The summed E-state index contributed by atoms with van der Waals surface area (Å²) in [5, 5.41) is 0. The summed E-state index contributed by atoms with van der Waals surface area (Å²) in [5.41, 5.74) is -0.662. The van der Waals surface area contributed by atoms with Crippen LogP contribution in [0.5, 0.6) is 0 Å². The monoisotopic (exact) mass is 348 g/mol. The molecule has 0 aromatic heterocycles. The quantitative estimate of drug-likeness (QED) is 0.796. The van der Waals surface area contributed by atoms with Crippen LogP contribution in [0.4, 0.5) is 14.5 Å². The van der Waals surface area contributed by atoms with Gasteiger partial charge >= 0.3 is 0 Å². The summed E-state index contributed by atoms with van der Waals surface area (Å²) in [6.07, 6.45) is 0.679. The van der Waals surface area contributed by atoms with Crippen molar-refractivity contribution in [3.63, 3.8) is 0 Å². The minimum Gasteiger partial charge on any atom is -0.378 e. The molecule has 0 atom stereocenters. The van der Waals surface area contributed by atoms with Crippen molar-refractivity contribution in [3.05, 3.63) is 29.8 Å². The molecule has 1 fully saturated rings. The van der Waals surface area contributed by atoms with Gasteiger partial charge in [-0.3, -0.25) is 9.10 Å². The van der Waals surface area contributed by atoms with E-state index in [9.17, 15) is 22.0 Å². The summed E-state index contributed by atoms with van der Waals surface area (Å²) in [7, 11) is -3.93. The van der Waals surface area contributed by atoms with Crippen molar-refractivity contribution in [2.24, 2.45) is 0 Å². The standard InChI is InChI=1S/C14H18F2N2O4S/c1-23(20,21)18(14-11(15)3-2-4-12(14)16)6-5-13(19)17-7-9-22-10-8-17/h2-4H,5-10H2,1H3. The number of ether oxygens (including phenoxy) is 1. The van der Waals surface area contributed by atoms with Crippen LogP contribution in [0, 0.1) is 11.6 Å². The number of morpholine rings is 1. The Morgan fingerprint density at radius 1 is 1.26 bits per heavy atom. The lowest BCUT2D eigenvalue weighted by Crippen LogP contribution is -2.42. The average Bonchev–Trinajstić information content (AvgIpc) is 2.49. The summed E-state index contributed by atoms with van der Waals surface area (Å²) in [6.45, 7) is 1.36. The van der Waals surface area contributed by atoms with Crippen molar-refractivity contribution in [3.8, 4) is 0 Å². The normalized spacial score (nSPS) is 15.5. The first-order valence-electron chi connectivity index (χ1n) is 7.08. The summed E-state index contributed by atoms with van der Waals surface area (Å²) >= 11 is 0. The Hall–Kier alpha value is -1.74. The van der Waals surface area contributed by atoms with Gasteiger partial charge in [0.15, 0.2) is 11.6 Å². The molecule has 23 heavy (non-hydrogen) atoms. The van der Waals surface area contributed by atoms with E-state index in [0.717, 1.165) is 24.5 Å². The van der Waals surface area contributed by atoms with Crippen LogP contribution in [-0.2, 0) is 19.6 Å². The topological polar surface area (TPSA) is 66.9 Å². The number of carbonyl (C=O) groups is 1. The van der Waals surface area contributed by atoms with Crippen LogP contribution in [0.3, 0.4) is 0 Å². The Labute approximate surface area is 133 Å². The van der Waals surface area contributed by atoms with E-state index < -0.39 is 27.3 Å². The smallest absolute Gasteiger partial charge is 0.232 e. The number of hydrogen-bond donors (Lipinski definition) is 0. The Balaban J connectivity index is 2.16. The third kappa shape index (κ3) is 4.38. The molecular formula is C14H18F2N2O4S. The molecule has 0 bridgehead atoms. The maximum atomic E-state index is 13.9. The largest absolute Gasteiger partial charge is 0.378 e. The number of halogens is 2. The van der Waals surface area contributed by atoms with Crippen molar-refractivity contribution < 1.29 is 26.7 Å². The molecule has 1 amide bonds. The molecule has 0 aliphatic carbocycles. The maximum absolute atomic E-state index is 13.9. The molecule has 9 heteroatoms. The minimum atomic E-state index is -3.93. The zero-order valence-corrected chi connectivity index (χ0v) is 13.5. The van der Waals surface area contributed by atoms with Crippen molar-refractivity contribution in [1.82, 2.24) is 4.90 Å². The summed E-state index contributed by atoms with van der Waals surface area (Å²) < 4.78 is 57.2. The molecule has 0 N–H and O–H groups in total. The minimum absolute atomic E-state index is 0.166. The first kappa shape index (κ1) is 17.6. The summed E-state index contributed by atoms with van der Waals surface area (Å²) in [5.74, 6) is -2.26. The lowest BCUT2D eigenvalue weighted by atomic mass is 10.2. The van der Waals surface area contributed by atoms with Gasteiger partial charge < -0.3 is 9.64 Å². The van der Waals surface area contributed by atoms with E-state index in [1.165, 1.54) is 0 Å². The van der Waals surface area contributed by atoms with Gasteiger partial charge in [0.2, 0.25) is 15.9 Å². The number of amides is 1. The van der Waals surface area contributed by atoms with Crippen LogP contribution in [0.1, 0.15) is 6.42 Å². The van der Waals surface area contributed by atoms with Crippen LogP contribution in [0.2, 0.25) is 0 Å². The molecule has 1 saturated heterocycles. The van der Waals surface area contributed by atoms with Gasteiger partial charge in [-0.25, -0.2) is 17.2 Å². The Morgan fingerprint density at radius 2 is 1.83 bits per heavy atom. The van der Waals surface area contributed by atoms with Gasteiger partial charge in [0, 0.05) is 26.1 Å². The number of carbonyl (C=O) groups excluding carboxylic acids is 1. The lowest BCUT2D eigenvalue weighted by Gasteiger charge is -2.28. The molecule has 1 aliphatic rings. The molecule has 1 heterocycles. The van der Waals surface area contributed by atoms with Crippen LogP contribution >= 0.6 is 0 Å². The Bertz CT molecular complexity index is 655. The fraction of sp³-hybridized carbons (Fsp3) is 0.500. The van der Waals surface area contributed by atoms with E-state index in [4.69, 9.17) is 4.74 Å². The molecule has 0 radical (unpaired) electrons. The van der Waals surface area contributed by atoms with Gasteiger partial charge in [-0.1, -0.05) is 6.07 Å². The SMILES string of the molecule is CS(=O)(=O)N(CCC(=O)N1CCOCC1)c1c(F)cccc1F. The molecule has 0 unspecified atom stereocenters. The molecule has 1 aliphatic heterocycles. The van der Waals surface area contributed by atoms with Crippen LogP contribution in [0.15, 0.2) is 18.2 Å². The van der Waals surface area contributed by atoms with Gasteiger partial charge in [-0.15, -0.1) is 0 Å². The highest BCUT2D eigenvalue weighted by Crippen LogP contribution is 2.25. The molecule has 6 nitrogen and oxygen atoms in total. The number of hydrogen-bond acceptors (Lipinski definition) is 4. The first-order valence-corrected chi connectivity index (χ1v) is 8.93. The highest BCUT2D eigenvalue weighted by Gasteiger charge is 2.26. The fourth-order valence-corrected chi connectivity index (χ4v) is 3.27. The number of nitrogens with zero attached hydrogens (tertiary/aromatic N) is 2. The van der Waals surface area contributed by atoms with Crippen LogP contribution < -0.4 is 4.31 Å². The molecule has 1 aromatic rings. The molecule has 2 rings (SSSR count). The van der Waals surface area contributed by atoms with Gasteiger partial charge in [0.05, 0.1) is 19.5 Å². The van der Waals surface area contributed by atoms with E-state index in [-0.39, 0.29) is 18.9 Å². The van der Waals surface area contributed by atoms with E-state index >= 15 is 0 Å². The summed E-state index contributed by atoms with van der Waals surface area (Å²) in [4.78, 5) is 13.6. The molecule has 0 spiro atoms. The third-order valence-electron chi connectivity index (χ3n) is 3.48. The number of sulfonamides is 1. The molecule has 1 aromatic carbocycles. The number of benzene rings is 1. The van der Waals surface area contributed by atoms with Gasteiger partial charge in [0.1, 0.15) is 5.69 Å². The first-order chi connectivity index (χ1) is 10.8. The molecule has 128 valence electrons. The zero-order valence-electron chi connectivity index (χ0n) is 12.7. The van der Waals surface area contributed by atoms with Gasteiger partial charge in [-0.05, 0) is 12.1 Å². The molecule has 0 saturated carbocycles. The number of anilines is 1. The maximum Gasteiger partial charge on any atom is 0.232 e. The average molecular weight is 348 g/mol. The van der Waals surface area contributed by atoms with Crippen molar-refractivity contribution >= 4 is 21.6 Å².